The summed E-state index contributed by atoms with van der Waals surface area (Å²) < 4.78 is 8.16. The van der Waals surface area contributed by atoms with E-state index in [0.29, 0.717) is 5.56 Å². The molecule has 0 bridgehead atoms. The Hall–Kier alpha value is -1.47. The molecule has 1 heterocycles. The smallest absolute Gasteiger partial charge is 0.122 e. The van der Waals surface area contributed by atoms with E-state index in [4.69, 9.17) is 5.26 Å². The molecule has 0 aliphatic carbocycles. The fourth-order valence-electron chi connectivity index (χ4n) is 1.08. The molecule has 12 heavy (non-hydrogen) atoms. The average Bonchev–Trinajstić information content (AvgIpc) is 2.54. The number of nitriles is 1. The fourth-order valence-corrected chi connectivity index (χ4v) is 1.70. The van der Waals surface area contributed by atoms with Crippen molar-refractivity contribution in [2.24, 2.45) is 0 Å². The Kier molecular flexibility index (Phi) is 1.52. The lowest BCUT2D eigenvalue weighted by molar-refractivity contribution is 1.44. The van der Waals surface area contributed by atoms with Gasteiger partial charge in [0.2, 0.25) is 0 Å². The SMILES string of the molecule is Cc1ccc(C#N)c2nsnc12. The van der Waals surface area contributed by atoms with Crippen LogP contribution in [0.15, 0.2) is 12.1 Å². The van der Waals surface area contributed by atoms with Gasteiger partial charge in [0.15, 0.2) is 0 Å². The second kappa shape index (κ2) is 2.54. The molecular formula is C8H5N3S. The quantitative estimate of drug-likeness (QED) is 0.614. The lowest BCUT2D eigenvalue weighted by Gasteiger charge is -1.93. The molecule has 0 radical (unpaired) electrons. The van der Waals surface area contributed by atoms with E-state index in [9.17, 15) is 0 Å². The molecule has 2 rings (SSSR count). The third-order valence-corrected chi connectivity index (χ3v) is 2.27. The first-order chi connectivity index (χ1) is 5.83. The van der Waals surface area contributed by atoms with Crippen LogP contribution in [0.2, 0.25) is 0 Å². The van der Waals surface area contributed by atoms with Gasteiger partial charge in [0, 0.05) is 0 Å². The number of rotatable bonds is 0. The molecule has 0 aliphatic heterocycles. The summed E-state index contributed by atoms with van der Waals surface area (Å²) in [4.78, 5) is 0. The first-order valence-electron chi connectivity index (χ1n) is 3.45. The van der Waals surface area contributed by atoms with E-state index in [1.165, 1.54) is 0 Å². The summed E-state index contributed by atoms with van der Waals surface area (Å²) in [6.45, 7) is 1.96. The van der Waals surface area contributed by atoms with Gasteiger partial charge >= 0.3 is 0 Å². The lowest BCUT2D eigenvalue weighted by atomic mass is 10.1. The Labute approximate surface area is 73.6 Å². The molecule has 0 spiro atoms. The maximum atomic E-state index is 8.73. The molecule has 0 aliphatic rings. The van der Waals surface area contributed by atoms with Crippen LogP contribution in [-0.4, -0.2) is 8.75 Å². The van der Waals surface area contributed by atoms with Crippen LogP contribution >= 0.6 is 11.7 Å². The van der Waals surface area contributed by atoms with Gasteiger partial charge in [-0.15, -0.1) is 0 Å². The van der Waals surface area contributed by atoms with Crippen molar-refractivity contribution in [2.75, 3.05) is 0 Å². The van der Waals surface area contributed by atoms with E-state index in [0.717, 1.165) is 28.3 Å². The van der Waals surface area contributed by atoms with Gasteiger partial charge in [-0.2, -0.15) is 14.0 Å². The summed E-state index contributed by atoms with van der Waals surface area (Å²) in [6.07, 6.45) is 0. The summed E-state index contributed by atoms with van der Waals surface area (Å²) in [6, 6.07) is 5.76. The average molecular weight is 175 g/mol. The summed E-state index contributed by atoms with van der Waals surface area (Å²) >= 11 is 1.15. The Morgan fingerprint density at radius 2 is 2.08 bits per heavy atom. The molecule has 4 heteroatoms. The van der Waals surface area contributed by atoms with E-state index in [1.807, 2.05) is 13.0 Å². The zero-order valence-electron chi connectivity index (χ0n) is 6.40. The van der Waals surface area contributed by atoms with Crippen LogP contribution in [0, 0.1) is 18.3 Å². The molecule has 1 aromatic carbocycles. The molecule has 0 saturated carbocycles. The van der Waals surface area contributed by atoms with Gasteiger partial charge < -0.3 is 0 Å². The van der Waals surface area contributed by atoms with Crippen LogP contribution in [0.1, 0.15) is 11.1 Å². The van der Waals surface area contributed by atoms with Crippen LogP contribution in [0.25, 0.3) is 11.0 Å². The monoisotopic (exact) mass is 175 g/mol. The van der Waals surface area contributed by atoms with Gasteiger partial charge in [-0.1, -0.05) is 6.07 Å². The van der Waals surface area contributed by atoms with Crippen molar-refractivity contribution in [1.82, 2.24) is 8.75 Å². The Morgan fingerprint density at radius 3 is 2.83 bits per heavy atom. The van der Waals surface area contributed by atoms with Gasteiger partial charge in [-0.25, -0.2) is 0 Å². The van der Waals surface area contributed by atoms with Crippen molar-refractivity contribution in [2.45, 2.75) is 6.92 Å². The fraction of sp³-hybridized carbons (Fsp3) is 0.125. The van der Waals surface area contributed by atoms with Crippen LogP contribution in [0.4, 0.5) is 0 Å². The zero-order chi connectivity index (χ0) is 8.55. The van der Waals surface area contributed by atoms with Crippen molar-refractivity contribution >= 4 is 22.8 Å². The zero-order valence-corrected chi connectivity index (χ0v) is 7.22. The second-order valence-electron chi connectivity index (χ2n) is 2.50. The van der Waals surface area contributed by atoms with E-state index >= 15 is 0 Å². The topological polar surface area (TPSA) is 49.6 Å². The van der Waals surface area contributed by atoms with Gasteiger partial charge in [0.1, 0.15) is 17.1 Å². The second-order valence-corrected chi connectivity index (χ2v) is 3.03. The van der Waals surface area contributed by atoms with Crippen molar-refractivity contribution in [3.63, 3.8) is 0 Å². The highest BCUT2D eigenvalue weighted by Gasteiger charge is 2.06. The molecule has 2 aromatic rings. The normalized spacial score (nSPS) is 10.0. The molecule has 0 amide bonds. The van der Waals surface area contributed by atoms with Gasteiger partial charge in [0.25, 0.3) is 0 Å². The largest absolute Gasteiger partial charge is 0.192 e. The molecule has 0 N–H and O–H groups in total. The van der Waals surface area contributed by atoms with Crippen molar-refractivity contribution in [3.8, 4) is 6.07 Å². The molecular weight excluding hydrogens is 170 g/mol. The molecule has 3 nitrogen and oxygen atoms in total. The number of benzene rings is 1. The summed E-state index contributed by atoms with van der Waals surface area (Å²) in [5, 5.41) is 8.73. The summed E-state index contributed by atoms with van der Waals surface area (Å²) in [5.41, 5.74) is 3.24. The van der Waals surface area contributed by atoms with Crippen LogP contribution in [0.3, 0.4) is 0 Å². The van der Waals surface area contributed by atoms with Crippen molar-refractivity contribution in [1.29, 1.82) is 5.26 Å². The number of hydrogen-bond donors (Lipinski definition) is 0. The highest BCUT2D eigenvalue weighted by molar-refractivity contribution is 7.00. The number of hydrogen-bond acceptors (Lipinski definition) is 4. The Balaban J connectivity index is 2.94. The highest BCUT2D eigenvalue weighted by atomic mass is 32.1. The third kappa shape index (κ3) is 0.874. The van der Waals surface area contributed by atoms with Crippen molar-refractivity contribution < 1.29 is 0 Å². The standard InChI is InChI=1S/C8H5N3S/c1-5-2-3-6(4-9)8-7(5)10-12-11-8/h2-3H,1H3. The van der Waals surface area contributed by atoms with Crippen LogP contribution in [0.5, 0.6) is 0 Å². The molecule has 1 aromatic heterocycles. The van der Waals surface area contributed by atoms with E-state index in [-0.39, 0.29) is 0 Å². The number of aryl methyl sites for hydroxylation is 1. The number of fused-ring (bicyclic) bond motifs is 1. The summed E-state index contributed by atoms with van der Waals surface area (Å²) in [7, 11) is 0. The van der Waals surface area contributed by atoms with Crippen LogP contribution in [-0.2, 0) is 0 Å². The Morgan fingerprint density at radius 1 is 1.33 bits per heavy atom. The van der Waals surface area contributed by atoms with Crippen molar-refractivity contribution in [3.05, 3.63) is 23.3 Å². The predicted octanol–water partition coefficient (Wildman–Crippen LogP) is 1.87. The van der Waals surface area contributed by atoms with Crippen LogP contribution < -0.4 is 0 Å². The van der Waals surface area contributed by atoms with E-state index in [2.05, 4.69) is 14.8 Å². The van der Waals surface area contributed by atoms with Gasteiger partial charge in [-0.3, -0.25) is 0 Å². The lowest BCUT2D eigenvalue weighted by Crippen LogP contribution is -1.81. The predicted molar refractivity (Wildman–Crippen MR) is 46.9 cm³/mol. The molecule has 58 valence electrons. The minimum Gasteiger partial charge on any atom is -0.192 e. The maximum Gasteiger partial charge on any atom is 0.122 e. The first-order valence-corrected chi connectivity index (χ1v) is 4.18. The first kappa shape index (κ1) is 7.19. The maximum absolute atomic E-state index is 8.73. The minimum absolute atomic E-state index is 0.601. The highest BCUT2D eigenvalue weighted by Crippen LogP contribution is 2.19. The van der Waals surface area contributed by atoms with E-state index in [1.54, 1.807) is 6.07 Å². The van der Waals surface area contributed by atoms with E-state index < -0.39 is 0 Å². The molecule has 0 unspecified atom stereocenters. The van der Waals surface area contributed by atoms with Gasteiger partial charge in [0.05, 0.1) is 17.3 Å². The molecule has 0 atom stereocenters. The molecule has 0 fully saturated rings. The number of nitrogens with zero attached hydrogens (tertiary/aromatic N) is 3. The number of aromatic nitrogens is 2. The Bertz CT molecular complexity index is 467. The third-order valence-electron chi connectivity index (χ3n) is 1.74. The minimum atomic E-state index is 0.601. The van der Waals surface area contributed by atoms with Gasteiger partial charge in [-0.05, 0) is 18.6 Å². The molecule has 0 saturated heterocycles. The summed E-state index contributed by atoms with van der Waals surface area (Å²) in [5.74, 6) is 0.